The lowest BCUT2D eigenvalue weighted by molar-refractivity contribution is -0.116. The van der Waals surface area contributed by atoms with Crippen LogP contribution in [0.25, 0.3) is 5.57 Å². The van der Waals surface area contributed by atoms with Crippen molar-refractivity contribution in [1.29, 1.82) is 0 Å². The molecule has 0 bridgehead atoms. The van der Waals surface area contributed by atoms with Gasteiger partial charge in [0.25, 0.3) is 11.8 Å². The average molecular weight is 494 g/mol. The maximum Gasteiger partial charge on any atom is 0.264 e. The molecule has 2 heterocycles. The van der Waals surface area contributed by atoms with Crippen LogP contribution < -0.4 is 10.2 Å². The van der Waals surface area contributed by atoms with E-state index < -0.39 is 0 Å². The second kappa shape index (κ2) is 8.71. The second-order valence-corrected chi connectivity index (χ2v) is 9.42. The molecule has 0 radical (unpaired) electrons. The van der Waals surface area contributed by atoms with Crippen molar-refractivity contribution < 1.29 is 9.59 Å². The van der Waals surface area contributed by atoms with Crippen LogP contribution in [0, 0.1) is 6.92 Å². The van der Waals surface area contributed by atoms with Crippen LogP contribution in [0.4, 0.5) is 11.4 Å². The molecule has 3 aromatic carbocycles. The Morgan fingerprint density at radius 3 is 2.52 bits per heavy atom. The van der Waals surface area contributed by atoms with Crippen molar-refractivity contribution in [3.05, 3.63) is 98.4 Å². The van der Waals surface area contributed by atoms with Gasteiger partial charge in [0.1, 0.15) is 0 Å². The summed E-state index contributed by atoms with van der Waals surface area (Å²) in [6.45, 7) is 2.22. The normalized spacial score (nSPS) is 18.8. The Hall–Kier alpha value is -3.06. The Kier molecular flexibility index (Phi) is 5.74. The molecule has 1 fully saturated rings. The number of thioether (sulfide) groups is 1. The number of amidine groups is 1. The number of aryl methyl sites for hydroxylation is 1. The number of rotatable bonds is 3. The van der Waals surface area contributed by atoms with E-state index in [1.54, 1.807) is 17.0 Å². The van der Waals surface area contributed by atoms with Gasteiger partial charge in [-0.1, -0.05) is 65.7 Å². The molecule has 0 saturated carbocycles. The third-order valence-electron chi connectivity index (χ3n) is 5.45. The SMILES string of the molecule is Cc1ccc(N=C2NC(=O)C(=C3C(=O)N(Cc4ccccc4Cl)c4ccccc43)S2)cc1Cl. The zero-order valence-corrected chi connectivity index (χ0v) is 19.8. The van der Waals surface area contributed by atoms with Gasteiger partial charge in [-0.15, -0.1) is 0 Å². The molecule has 0 aliphatic carbocycles. The average Bonchev–Trinajstić information content (AvgIpc) is 3.28. The molecule has 0 spiro atoms. The first-order valence-corrected chi connectivity index (χ1v) is 11.7. The van der Waals surface area contributed by atoms with Gasteiger partial charge in [0.05, 0.1) is 28.4 Å². The van der Waals surface area contributed by atoms with Crippen molar-refractivity contribution in [1.82, 2.24) is 5.32 Å². The number of aliphatic imine (C=N–C) groups is 1. The summed E-state index contributed by atoms with van der Waals surface area (Å²) in [7, 11) is 0. The summed E-state index contributed by atoms with van der Waals surface area (Å²) in [5, 5.41) is 4.35. The number of benzene rings is 3. The molecule has 0 unspecified atom stereocenters. The van der Waals surface area contributed by atoms with E-state index in [0.717, 1.165) is 28.6 Å². The van der Waals surface area contributed by atoms with Crippen LogP contribution >= 0.6 is 35.0 Å². The number of halogens is 2. The fourth-order valence-corrected chi connectivity index (χ4v) is 5.06. The number of nitrogens with one attached hydrogen (secondary N) is 1. The predicted octanol–water partition coefficient (Wildman–Crippen LogP) is 6.11. The summed E-state index contributed by atoms with van der Waals surface area (Å²) in [4.78, 5) is 32.9. The summed E-state index contributed by atoms with van der Waals surface area (Å²) in [5.74, 6) is -0.594. The van der Waals surface area contributed by atoms with E-state index in [4.69, 9.17) is 23.2 Å². The van der Waals surface area contributed by atoms with Gasteiger partial charge in [0.2, 0.25) is 0 Å². The molecule has 3 aromatic rings. The zero-order chi connectivity index (χ0) is 23.1. The topological polar surface area (TPSA) is 61.8 Å². The summed E-state index contributed by atoms with van der Waals surface area (Å²) in [6, 6.07) is 20.3. The monoisotopic (exact) mass is 493 g/mol. The molecule has 0 aromatic heterocycles. The molecule has 2 aliphatic heterocycles. The van der Waals surface area contributed by atoms with Crippen LogP contribution in [0.1, 0.15) is 16.7 Å². The van der Waals surface area contributed by atoms with Crippen molar-refractivity contribution in [2.45, 2.75) is 13.5 Å². The first-order chi connectivity index (χ1) is 15.9. The Morgan fingerprint density at radius 1 is 0.970 bits per heavy atom. The highest BCUT2D eigenvalue weighted by atomic mass is 35.5. The smallest absolute Gasteiger partial charge is 0.264 e. The lowest BCUT2D eigenvalue weighted by Crippen LogP contribution is -2.27. The van der Waals surface area contributed by atoms with Gasteiger partial charge in [-0.2, -0.15) is 0 Å². The van der Waals surface area contributed by atoms with E-state index in [2.05, 4.69) is 10.3 Å². The number of carbonyl (C=O) groups excluding carboxylic acids is 2. The summed E-state index contributed by atoms with van der Waals surface area (Å²) in [6.07, 6.45) is 0. The number of para-hydroxylation sites is 1. The number of carbonyl (C=O) groups is 2. The molecule has 164 valence electrons. The minimum absolute atomic E-state index is 0.242. The fraction of sp³-hybridized carbons (Fsp3) is 0.0800. The summed E-state index contributed by atoms with van der Waals surface area (Å²) in [5.41, 5.74) is 4.22. The standard InChI is InChI=1S/C25H17Cl2N3O2S/c1-14-10-11-16(12-19(14)27)28-25-29-23(31)22(33-25)21-17-7-3-5-9-20(17)30(24(21)32)13-15-6-2-4-8-18(15)26/h2-12H,13H2,1H3,(H,28,29,31). The number of nitrogens with zero attached hydrogens (tertiary/aromatic N) is 2. The van der Waals surface area contributed by atoms with Gasteiger partial charge in [-0.05, 0) is 54.1 Å². The molecule has 1 N–H and O–H groups in total. The summed E-state index contributed by atoms with van der Waals surface area (Å²) < 4.78 is 0. The highest BCUT2D eigenvalue weighted by Gasteiger charge is 2.39. The Morgan fingerprint density at radius 2 is 1.73 bits per heavy atom. The molecular weight excluding hydrogens is 477 g/mol. The number of amides is 2. The third kappa shape index (κ3) is 4.06. The highest BCUT2D eigenvalue weighted by molar-refractivity contribution is 8.18. The van der Waals surface area contributed by atoms with E-state index in [-0.39, 0.29) is 11.8 Å². The maximum atomic E-state index is 13.5. The van der Waals surface area contributed by atoms with Crippen molar-refractivity contribution in [2.75, 3.05) is 4.90 Å². The molecule has 2 aliphatic rings. The van der Waals surface area contributed by atoms with Crippen LogP contribution in [0.2, 0.25) is 10.0 Å². The molecule has 5 nitrogen and oxygen atoms in total. The van der Waals surface area contributed by atoms with Crippen LogP contribution in [0.15, 0.2) is 76.6 Å². The molecular formula is C25H17Cl2N3O2S. The lowest BCUT2D eigenvalue weighted by atomic mass is 10.1. The number of hydrogen-bond acceptors (Lipinski definition) is 4. The van der Waals surface area contributed by atoms with Gasteiger partial charge in [-0.3, -0.25) is 9.59 Å². The zero-order valence-electron chi connectivity index (χ0n) is 17.4. The van der Waals surface area contributed by atoms with E-state index >= 15 is 0 Å². The molecule has 5 rings (SSSR count). The minimum atomic E-state index is -0.352. The number of anilines is 1. The van der Waals surface area contributed by atoms with Crippen molar-refractivity contribution in [3.8, 4) is 0 Å². The van der Waals surface area contributed by atoms with Crippen LogP contribution in [-0.4, -0.2) is 17.0 Å². The van der Waals surface area contributed by atoms with Crippen LogP contribution in [-0.2, 0) is 16.1 Å². The first-order valence-electron chi connectivity index (χ1n) is 10.2. The number of hydrogen-bond donors (Lipinski definition) is 1. The largest absolute Gasteiger partial charge is 0.303 e. The van der Waals surface area contributed by atoms with E-state index in [9.17, 15) is 9.59 Å². The van der Waals surface area contributed by atoms with Gasteiger partial charge in [0.15, 0.2) is 5.17 Å². The molecule has 1 saturated heterocycles. The molecule has 0 atom stereocenters. The van der Waals surface area contributed by atoms with Crippen molar-refractivity contribution in [2.24, 2.45) is 4.99 Å². The Balaban J connectivity index is 1.53. The maximum absolute atomic E-state index is 13.5. The van der Waals surface area contributed by atoms with Gasteiger partial charge >= 0.3 is 0 Å². The Bertz CT molecular complexity index is 1380. The van der Waals surface area contributed by atoms with E-state index in [0.29, 0.717) is 43.5 Å². The van der Waals surface area contributed by atoms with Gasteiger partial charge in [-0.25, -0.2) is 4.99 Å². The number of fused-ring (bicyclic) bond motifs is 1. The van der Waals surface area contributed by atoms with Crippen molar-refractivity contribution >= 4 is 68.9 Å². The first kappa shape index (κ1) is 21.8. The van der Waals surface area contributed by atoms with Crippen molar-refractivity contribution in [3.63, 3.8) is 0 Å². The second-order valence-electron chi connectivity index (χ2n) is 7.61. The molecule has 8 heteroatoms. The van der Waals surface area contributed by atoms with Crippen LogP contribution in [0.3, 0.4) is 0 Å². The van der Waals surface area contributed by atoms with Gasteiger partial charge < -0.3 is 10.2 Å². The minimum Gasteiger partial charge on any atom is -0.303 e. The van der Waals surface area contributed by atoms with Gasteiger partial charge in [0, 0.05) is 15.6 Å². The van der Waals surface area contributed by atoms with E-state index in [1.807, 2.05) is 61.5 Å². The predicted molar refractivity (Wildman–Crippen MR) is 135 cm³/mol. The third-order valence-corrected chi connectivity index (χ3v) is 7.20. The highest BCUT2D eigenvalue weighted by Crippen LogP contribution is 2.43. The Labute approximate surface area is 205 Å². The molecule has 2 amide bonds. The van der Waals surface area contributed by atoms with Crippen LogP contribution in [0.5, 0.6) is 0 Å². The molecule has 33 heavy (non-hydrogen) atoms. The fourth-order valence-electron chi connectivity index (χ4n) is 3.76. The summed E-state index contributed by atoms with van der Waals surface area (Å²) >= 11 is 13.7. The quantitative estimate of drug-likeness (QED) is 0.447. The lowest BCUT2D eigenvalue weighted by Gasteiger charge is -2.18. The van der Waals surface area contributed by atoms with E-state index in [1.165, 1.54) is 0 Å².